The summed E-state index contributed by atoms with van der Waals surface area (Å²) in [6.07, 6.45) is 2.07. The molecule has 0 saturated carbocycles. The van der Waals surface area contributed by atoms with Gasteiger partial charge in [0, 0.05) is 18.8 Å². The summed E-state index contributed by atoms with van der Waals surface area (Å²) in [4.78, 5) is 17.9. The Balaban J connectivity index is 2.12. The second-order valence-corrected chi connectivity index (χ2v) is 7.76. The first-order valence-corrected chi connectivity index (χ1v) is 10.6. The van der Waals surface area contributed by atoms with E-state index in [1.165, 1.54) is 11.3 Å². The number of hydrogen-bond acceptors (Lipinski definition) is 5. The van der Waals surface area contributed by atoms with E-state index in [2.05, 4.69) is 20.9 Å². The summed E-state index contributed by atoms with van der Waals surface area (Å²) in [6, 6.07) is 7.73. The molecular weight excluding hydrogens is 368 g/mol. The van der Waals surface area contributed by atoms with E-state index >= 15 is 0 Å². The molecule has 0 aliphatic heterocycles. The summed E-state index contributed by atoms with van der Waals surface area (Å²) < 4.78 is 10.2. The molecule has 0 aliphatic carbocycles. The molecule has 0 N–H and O–H groups in total. The minimum Gasteiger partial charge on any atom is -0.497 e. The van der Waals surface area contributed by atoms with Gasteiger partial charge >= 0.3 is 0 Å². The van der Waals surface area contributed by atoms with Gasteiger partial charge in [-0.2, -0.15) is 21.9 Å². The molecule has 0 atom stereocenters. The summed E-state index contributed by atoms with van der Waals surface area (Å²) >= 11 is 3.27. The summed E-state index contributed by atoms with van der Waals surface area (Å²) in [5.41, 5.74) is 2.41. The second kappa shape index (κ2) is 8.09. The molecule has 1 amide bonds. The molecule has 3 rings (SSSR count). The maximum Gasteiger partial charge on any atom is 0.297 e. The number of benzene rings is 1. The van der Waals surface area contributed by atoms with Crippen LogP contribution in [-0.2, 0) is 13.1 Å². The SMILES string of the molecule is CCn1nc(C)cc1C(=O)N=c1sc2cc(OC)ccc2n1CCSC. The molecule has 26 heavy (non-hydrogen) atoms. The molecule has 138 valence electrons. The van der Waals surface area contributed by atoms with Gasteiger partial charge in [0.15, 0.2) is 4.80 Å². The van der Waals surface area contributed by atoms with E-state index in [0.717, 1.165) is 34.0 Å². The van der Waals surface area contributed by atoms with Crippen LogP contribution >= 0.6 is 23.1 Å². The molecule has 1 aromatic carbocycles. The lowest BCUT2D eigenvalue weighted by Crippen LogP contribution is -2.19. The van der Waals surface area contributed by atoms with Crippen LogP contribution in [0.1, 0.15) is 23.1 Å². The van der Waals surface area contributed by atoms with Crippen LogP contribution in [-0.4, -0.2) is 39.4 Å². The monoisotopic (exact) mass is 390 g/mol. The molecule has 6 nitrogen and oxygen atoms in total. The molecule has 0 bridgehead atoms. The van der Waals surface area contributed by atoms with Gasteiger partial charge in [0.05, 0.1) is 23.0 Å². The van der Waals surface area contributed by atoms with Crippen LogP contribution in [0.15, 0.2) is 29.3 Å². The average Bonchev–Trinajstić information content (AvgIpc) is 3.18. The first-order chi connectivity index (χ1) is 12.6. The van der Waals surface area contributed by atoms with Gasteiger partial charge in [0.2, 0.25) is 0 Å². The summed E-state index contributed by atoms with van der Waals surface area (Å²) in [5, 5.41) is 4.34. The highest BCUT2D eigenvalue weighted by molar-refractivity contribution is 7.98. The molecule has 0 aliphatic rings. The number of aryl methyl sites for hydroxylation is 3. The van der Waals surface area contributed by atoms with Gasteiger partial charge in [0.25, 0.3) is 5.91 Å². The Morgan fingerprint density at radius 1 is 1.38 bits per heavy atom. The van der Waals surface area contributed by atoms with E-state index in [4.69, 9.17) is 4.74 Å². The fourth-order valence-electron chi connectivity index (χ4n) is 2.77. The van der Waals surface area contributed by atoms with Crippen molar-refractivity contribution in [3.63, 3.8) is 0 Å². The normalized spacial score (nSPS) is 12.1. The van der Waals surface area contributed by atoms with Gasteiger partial charge in [0.1, 0.15) is 11.4 Å². The minimum atomic E-state index is -0.260. The maximum atomic E-state index is 12.8. The molecule has 0 saturated heterocycles. The van der Waals surface area contributed by atoms with Crippen molar-refractivity contribution in [3.8, 4) is 5.75 Å². The van der Waals surface area contributed by atoms with E-state index in [0.29, 0.717) is 17.0 Å². The van der Waals surface area contributed by atoms with Gasteiger partial charge in [-0.05, 0) is 44.4 Å². The lowest BCUT2D eigenvalue weighted by Gasteiger charge is -2.05. The maximum absolute atomic E-state index is 12.8. The molecule has 2 aromatic heterocycles. The first-order valence-electron chi connectivity index (χ1n) is 8.37. The number of nitrogens with zero attached hydrogens (tertiary/aromatic N) is 4. The van der Waals surface area contributed by atoms with Crippen molar-refractivity contribution in [1.82, 2.24) is 14.3 Å². The summed E-state index contributed by atoms with van der Waals surface area (Å²) in [5.74, 6) is 1.49. The number of thiazole rings is 1. The molecule has 8 heteroatoms. The Labute approximate surface area is 160 Å². The van der Waals surface area contributed by atoms with Crippen LogP contribution in [0.4, 0.5) is 0 Å². The largest absolute Gasteiger partial charge is 0.497 e. The fraction of sp³-hybridized carbons (Fsp3) is 0.389. The molecule has 0 spiro atoms. The van der Waals surface area contributed by atoms with Crippen LogP contribution in [0, 0.1) is 6.92 Å². The summed E-state index contributed by atoms with van der Waals surface area (Å²) in [7, 11) is 1.65. The number of hydrogen-bond donors (Lipinski definition) is 0. The minimum absolute atomic E-state index is 0.260. The van der Waals surface area contributed by atoms with Gasteiger partial charge in [-0.3, -0.25) is 9.48 Å². The van der Waals surface area contributed by atoms with Crippen LogP contribution < -0.4 is 9.54 Å². The van der Waals surface area contributed by atoms with Crippen molar-refractivity contribution in [1.29, 1.82) is 0 Å². The van der Waals surface area contributed by atoms with E-state index in [1.807, 2.05) is 32.0 Å². The molecular formula is C18H22N4O2S2. The highest BCUT2D eigenvalue weighted by atomic mass is 32.2. The highest BCUT2D eigenvalue weighted by Gasteiger charge is 2.14. The van der Waals surface area contributed by atoms with Crippen molar-refractivity contribution >= 4 is 39.2 Å². The number of amides is 1. The molecule has 3 aromatic rings. The number of fused-ring (bicyclic) bond motifs is 1. The Kier molecular flexibility index (Phi) is 5.83. The van der Waals surface area contributed by atoms with Gasteiger partial charge in [-0.15, -0.1) is 0 Å². The van der Waals surface area contributed by atoms with E-state index in [1.54, 1.807) is 29.6 Å². The zero-order valence-electron chi connectivity index (χ0n) is 15.4. The van der Waals surface area contributed by atoms with Crippen molar-refractivity contribution in [2.45, 2.75) is 26.9 Å². The number of carbonyl (C=O) groups excluding carboxylic acids is 1. The molecule has 2 heterocycles. The fourth-order valence-corrected chi connectivity index (χ4v) is 4.22. The lowest BCUT2D eigenvalue weighted by atomic mass is 10.3. The van der Waals surface area contributed by atoms with Crippen molar-refractivity contribution < 1.29 is 9.53 Å². The highest BCUT2D eigenvalue weighted by Crippen LogP contribution is 2.23. The Hall–Kier alpha value is -2.06. The smallest absolute Gasteiger partial charge is 0.297 e. The predicted molar refractivity (Wildman–Crippen MR) is 107 cm³/mol. The third kappa shape index (κ3) is 3.71. The second-order valence-electron chi connectivity index (χ2n) is 5.77. The van der Waals surface area contributed by atoms with Crippen molar-refractivity contribution in [2.24, 2.45) is 4.99 Å². The first kappa shape index (κ1) is 18.7. The Morgan fingerprint density at radius 2 is 2.19 bits per heavy atom. The third-order valence-electron chi connectivity index (χ3n) is 4.03. The topological polar surface area (TPSA) is 61.4 Å². The standard InChI is InChI=1S/C18H22N4O2S2/c1-5-22-15(10-12(2)20-22)17(23)19-18-21(8-9-25-4)14-7-6-13(24-3)11-16(14)26-18/h6-7,10-11H,5,8-9H2,1-4H3. The Morgan fingerprint density at radius 3 is 2.88 bits per heavy atom. The number of rotatable bonds is 6. The van der Waals surface area contributed by atoms with Gasteiger partial charge in [-0.1, -0.05) is 11.3 Å². The summed E-state index contributed by atoms with van der Waals surface area (Å²) in [6.45, 7) is 5.28. The zero-order valence-corrected chi connectivity index (χ0v) is 17.0. The molecule has 0 radical (unpaired) electrons. The van der Waals surface area contributed by atoms with Gasteiger partial charge in [-0.25, -0.2) is 0 Å². The van der Waals surface area contributed by atoms with E-state index in [9.17, 15) is 4.79 Å². The van der Waals surface area contributed by atoms with Crippen molar-refractivity contribution in [2.75, 3.05) is 19.1 Å². The zero-order chi connectivity index (χ0) is 18.7. The van der Waals surface area contributed by atoms with E-state index in [-0.39, 0.29) is 5.91 Å². The van der Waals surface area contributed by atoms with Gasteiger partial charge < -0.3 is 9.30 Å². The quantitative estimate of drug-likeness (QED) is 0.648. The third-order valence-corrected chi connectivity index (χ3v) is 5.66. The van der Waals surface area contributed by atoms with Crippen molar-refractivity contribution in [3.05, 3.63) is 40.5 Å². The Bertz CT molecular complexity index is 1000. The van der Waals surface area contributed by atoms with Crippen LogP contribution in [0.5, 0.6) is 5.75 Å². The van der Waals surface area contributed by atoms with Crippen LogP contribution in [0.3, 0.4) is 0 Å². The molecule has 0 fully saturated rings. The predicted octanol–water partition coefficient (Wildman–Crippen LogP) is 3.34. The number of thioether (sulfide) groups is 1. The number of aromatic nitrogens is 3. The van der Waals surface area contributed by atoms with E-state index < -0.39 is 0 Å². The lowest BCUT2D eigenvalue weighted by molar-refractivity contribution is 0.0987. The van der Waals surface area contributed by atoms with Crippen LogP contribution in [0.25, 0.3) is 10.2 Å². The molecule has 0 unspecified atom stereocenters. The number of methoxy groups -OCH3 is 1. The average molecular weight is 391 g/mol. The van der Waals surface area contributed by atoms with Crippen LogP contribution in [0.2, 0.25) is 0 Å². The number of ether oxygens (including phenoxy) is 1. The number of carbonyl (C=O) groups is 1.